The van der Waals surface area contributed by atoms with Crippen molar-refractivity contribution in [1.82, 2.24) is 9.38 Å². The molecule has 0 saturated carbocycles. The van der Waals surface area contributed by atoms with Gasteiger partial charge in [-0.15, -0.1) is 0 Å². The molecule has 2 heterocycles. The van der Waals surface area contributed by atoms with Crippen molar-refractivity contribution in [3.05, 3.63) is 47.3 Å². The minimum atomic E-state index is -0.780. The zero-order valence-corrected chi connectivity index (χ0v) is 14.8. The molecule has 138 valence electrons. The van der Waals surface area contributed by atoms with Crippen LogP contribution in [0.25, 0.3) is 27.5 Å². The Morgan fingerprint density at radius 2 is 1.89 bits per heavy atom. The summed E-state index contributed by atoms with van der Waals surface area (Å²) in [6, 6.07) is 4.75. The zero-order valence-electron chi connectivity index (χ0n) is 14.8. The van der Waals surface area contributed by atoms with E-state index in [1.807, 2.05) is 0 Å². The molecule has 0 amide bonds. The van der Waals surface area contributed by atoms with Gasteiger partial charge in [0.05, 0.1) is 18.2 Å². The summed E-state index contributed by atoms with van der Waals surface area (Å²) in [7, 11) is 3.03. The monoisotopic (exact) mass is 373 g/mol. The summed E-state index contributed by atoms with van der Waals surface area (Å²) in [5.74, 6) is -1.45. The SMILES string of the molecule is CNc1c(C(C)=[NH2+])c2c(F)cc(OC)cc2c2nc3cc(F)cc(F)c3n12. The molecule has 0 aliphatic heterocycles. The van der Waals surface area contributed by atoms with E-state index in [4.69, 9.17) is 10.1 Å². The van der Waals surface area contributed by atoms with E-state index >= 15 is 0 Å². The Bertz CT molecular complexity index is 1260. The van der Waals surface area contributed by atoms with E-state index in [9.17, 15) is 13.2 Å². The molecule has 5 nitrogen and oxygen atoms in total. The number of hydrogen-bond acceptors (Lipinski definition) is 3. The number of methoxy groups -OCH3 is 1. The third kappa shape index (κ3) is 2.33. The highest BCUT2D eigenvalue weighted by atomic mass is 19.1. The lowest BCUT2D eigenvalue weighted by Crippen LogP contribution is -2.39. The topological polar surface area (TPSA) is 64.1 Å². The molecule has 0 spiro atoms. The standard InChI is InChI=1S/C19H15F3N4O/c1-8(23)15-16-11(6-10(27-3)7-12(16)21)18-25-14-5-9(20)4-13(22)17(14)26(18)19(15)24-2/h4-7,23-24H,1-3H3/p+1. The van der Waals surface area contributed by atoms with Crippen LogP contribution in [-0.2, 0) is 0 Å². The van der Waals surface area contributed by atoms with Crippen molar-refractivity contribution in [2.45, 2.75) is 6.92 Å². The predicted molar refractivity (Wildman–Crippen MR) is 97.9 cm³/mol. The van der Waals surface area contributed by atoms with Crippen LogP contribution in [0.4, 0.5) is 19.0 Å². The molecule has 3 N–H and O–H groups in total. The fourth-order valence-electron chi connectivity index (χ4n) is 3.51. The first-order valence-electron chi connectivity index (χ1n) is 8.15. The quantitative estimate of drug-likeness (QED) is 0.543. The van der Waals surface area contributed by atoms with E-state index in [2.05, 4.69) is 10.3 Å². The van der Waals surface area contributed by atoms with Gasteiger partial charge < -0.3 is 10.1 Å². The van der Waals surface area contributed by atoms with Gasteiger partial charge in [0.25, 0.3) is 0 Å². The second-order valence-corrected chi connectivity index (χ2v) is 6.21. The maximum Gasteiger partial charge on any atom is 0.181 e. The van der Waals surface area contributed by atoms with Gasteiger partial charge in [0.2, 0.25) is 0 Å². The molecule has 4 aromatic rings. The molecular weight excluding hydrogens is 357 g/mol. The van der Waals surface area contributed by atoms with Gasteiger partial charge in [0.1, 0.15) is 34.4 Å². The maximum atomic E-state index is 14.9. The molecule has 0 radical (unpaired) electrons. The van der Waals surface area contributed by atoms with Crippen molar-refractivity contribution >= 4 is 39.0 Å². The lowest BCUT2D eigenvalue weighted by Gasteiger charge is -2.15. The number of imidazole rings is 1. The third-order valence-corrected chi connectivity index (χ3v) is 4.55. The fourth-order valence-corrected chi connectivity index (χ4v) is 3.51. The molecule has 0 unspecified atom stereocenters. The average molecular weight is 373 g/mol. The Hall–Kier alpha value is -3.29. The molecule has 2 aromatic carbocycles. The first-order valence-corrected chi connectivity index (χ1v) is 8.15. The third-order valence-electron chi connectivity index (χ3n) is 4.55. The summed E-state index contributed by atoms with van der Waals surface area (Å²) in [6.45, 7) is 1.63. The fraction of sp³-hybridized carbons (Fsp3) is 0.158. The first-order chi connectivity index (χ1) is 12.9. The molecule has 0 aliphatic rings. The van der Waals surface area contributed by atoms with E-state index in [0.29, 0.717) is 22.5 Å². The highest BCUT2D eigenvalue weighted by molar-refractivity contribution is 6.15. The van der Waals surface area contributed by atoms with Crippen molar-refractivity contribution in [3.63, 3.8) is 0 Å². The van der Waals surface area contributed by atoms with Crippen LogP contribution in [0, 0.1) is 17.5 Å². The van der Waals surface area contributed by atoms with Crippen molar-refractivity contribution in [1.29, 1.82) is 0 Å². The van der Waals surface area contributed by atoms with Gasteiger partial charge in [-0.05, 0) is 6.07 Å². The number of pyridine rings is 1. The van der Waals surface area contributed by atoms with Gasteiger partial charge in [-0.3, -0.25) is 9.81 Å². The van der Waals surface area contributed by atoms with Gasteiger partial charge in [-0.2, -0.15) is 0 Å². The first kappa shape index (κ1) is 17.1. The van der Waals surface area contributed by atoms with Crippen LogP contribution >= 0.6 is 0 Å². The summed E-state index contributed by atoms with van der Waals surface area (Å²) in [6.07, 6.45) is 0. The Kier molecular flexibility index (Phi) is 3.73. The Balaban J connectivity index is 2.40. The number of rotatable bonds is 3. The minimum Gasteiger partial charge on any atom is -0.497 e. The Morgan fingerprint density at radius 3 is 2.52 bits per heavy atom. The molecule has 0 atom stereocenters. The second-order valence-electron chi connectivity index (χ2n) is 6.21. The van der Waals surface area contributed by atoms with Crippen molar-refractivity contribution < 1.29 is 23.3 Å². The molecule has 4 rings (SSSR count). The van der Waals surface area contributed by atoms with Crippen molar-refractivity contribution in [2.24, 2.45) is 0 Å². The molecule has 2 aromatic heterocycles. The summed E-state index contributed by atoms with van der Waals surface area (Å²) in [5, 5.41) is 9.61. The Morgan fingerprint density at radius 1 is 1.15 bits per heavy atom. The summed E-state index contributed by atoms with van der Waals surface area (Å²) in [4.78, 5) is 4.36. The average Bonchev–Trinajstić information content (AvgIpc) is 2.99. The number of aromatic nitrogens is 2. The van der Waals surface area contributed by atoms with Crippen LogP contribution in [0.2, 0.25) is 0 Å². The summed E-state index contributed by atoms with van der Waals surface area (Å²) in [5.41, 5.74) is 1.16. The molecular formula is C19H16F3N4O+. The highest BCUT2D eigenvalue weighted by Crippen LogP contribution is 2.37. The van der Waals surface area contributed by atoms with E-state index in [1.54, 1.807) is 20.0 Å². The smallest absolute Gasteiger partial charge is 0.181 e. The molecule has 0 aliphatic carbocycles. The highest BCUT2D eigenvalue weighted by Gasteiger charge is 2.25. The number of nitrogens with one attached hydrogen (secondary N) is 1. The number of anilines is 1. The number of fused-ring (bicyclic) bond motifs is 5. The van der Waals surface area contributed by atoms with Crippen LogP contribution in [0.5, 0.6) is 5.75 Å². The number of nitrogens with zero attached hydrogens (tertiary/aromatic N) is 2. The molecule has 0 fully saturated rings. The van der Waals surface area contributed by atoms with Crippen LogP contribution in [-0.4, -0.2) is 29.3 Å². The van der Waals surface area contributed by atoms with Crippen LogP contribution in [0.1, 0.15) is 12.5 Å². The van der Waals surface area contributed by atoms with E-state index in [0.717, 1.165) is 12.1 Å². The number of ether oxygens (including phenoxy) is 1. The van der Waals surface area contributed by atoms with E-state index in [-0.39, 0.29) is 27.8 Å². The zero-order chi connectivity index (χ0) is 19.5. The van der Waals surface area contributed by atoms with Gasteiger partial charge >= 0.3 is 0 Å². The number of halogens is 3. The molecule has 0 saturated heterocycles. The Labute approximate surface area is 151 Å². The van der Waals surface area contributed by atoms with Crippen molar-refractivity contribution in [3.8, 4) is 5.75 Å². The molecule has 0 bridgehead atoms. The lowest BCUT2D eigenvalue weighted by atomic mass is 10.0. The number of hydrogen-bond donors (Lipinski definition) is 2. The van der Waals surface area contributed by atoms with Crippen LogP contribution in [0.3, 0.4) is 0 Å². The predicted octanol–water partition coefficient (Wildman–Crippen LogP) is 2.68. The van der Waals surface area contributed by atoms with Gasteiger partial charge in [-0.1, -0.05) is 0 Å². The van der Waals surface area contributed by atoms with Crippen LogP contribution in [0.15, 0.2) is 24.3 Å². The number of nitrogens with two attached hydrogens (primary N) is 1. The van der Waals surface area contributed by atoms with Gasteiger partial charge in [-0.25, -0.2) is 18.2 Å². The summed E-state index contributed by atoms with van der Waals surface area (Å²) < 4.78 is 49.9. The van der Waals surface area contributed by atoms with Crippen LogP contribution < -0.4 is 15.5 Å². The number of benzene rings is 2. The summed E-state index contributed by atoms with van der Waals surface area (Å²) >= 11 is 0. The van der Waals surface area contributed by atoms with Gasteiger partial charge in [0, 0.05) is 42.9 Å². The largest absolute Gasteiger partial charge is 0.497 e. The lowest BCUT2D eigenvalue weighted by molar-refractivity contribution is -0.113. The second kappa shape index (κ2) is 5.87. The normalized spacial score (nSPS) is 11.5. The van der Waals surface area contributed by atoms with E-state index < -0.39 is 17.5 Å². The van der Waals surface area contributed by atoms with E-state index in [1.165, 1.54) is 17.6 Å². The molecule has 8 heteroatoms. The maximum absolute atomic E-state index is 14.9. The van der Waals surface area contributed by atoms with Gasteiger partial charge in [0.15, 0.2) is 11.5 Å². The van der Waals surface area contributed by atoms with Crippen molar-refractivity contribution in [2.75, 3.05) is 19.5 Å². The molecule has 27 heavy (non-hydrogen) atoms. The minimum absolute atomic E-state index is 0.0726.